The highest BCUT2D eigenvalue weighted by Gasteiger charge is 2.38. The Labute approximate surface area is 585 Å². The van der Waals surface area contributed by atoms with Crippen molar-refractivity contribution >= 4 is 102 Å². The molecule has 11 rings (SSSR count). The van der Waals surface area contributed by atoms with E-state index in [2.05, 4.69) is 9.47 Å². The van der Waals surface area contributed by atoms with Gasteiger partial charge in [-0.05, 0) is 111 Å². The molecule has 7 aromatic rings. The number of aliphatic imine (C=N–C) groups is 2. The summed E-state index contributed by atoms with van der Waals surface area (Å²) in [4.78, 5) is 80.8. The Bertz CT molecular complexity index is 4310. The van der Waals surface area contributed by atoms with Crippen LogP contribution in [0.1, 0.15) is 65.2 Å². The molecule has 0 saturated carbocycles. The van der Waals surface area contributed by atoms with Crippen LogP contribution in [-0.4, -0.2) is 170 Å². The Hall–Kier alpha value is -10.4. The zero-order valence-corrected chi connectivity index (χ0v) is 59.0. The number of likely N-dealkylation sites (N-methyl/N-ethyl adjacent to an activating group) is 3. The van der Waals surface area contributed by atoms with Crippen molar-refractivity contribution in [2.45, 2.75) is 64.6 Å². The van der Waals surface area contributed by atoms with Gasteiger partial charge in [-0.2, -0.15) is 16.8 Å². The lowest BCUT2D eigenvalue weighted by Crippen LogP contribution is -2.37. The highest BCUT2D eigenvalue weighted by molar-refractivity contribution is 7.86. The van der Waals surface area contributed by atoms with Gasteiger partial charge in [0.05, 0.1) is 109 Å². The summed E-state index contributed by atoms with van der Waals surface area (Å²) >= 11 is 0. The number of para-hydroxylation sites is 2. The van der Waals surface area contributed by atoms with Crippen LogP contribution in [0.5, 0.6) is 23.0 Å². The third-order valence-electron chi connectivity index (χ3n) is 16.5. The number of anilines is 5. The number of hydrogen-bond donors (Lipinski definition) is 2. The number of carbonyl (C=O) groups excluding carboxylic acids is 5. The highest BCUT2D eigenvalue weighted by atomic mass is 32.2. The number of hydrogen-bond acceptors (Lipinski definition) is 25. The van der Waals surface area contributed by atoms with Crippen LogP contribution >= 0.6 is 0 Å². The van der Waals surface area contributed by atoms with E-state index in [1.54, 1.807) is 106 Å². The molecule has 27 nitrogen and oxygen atoms in total. The largest absolute Gasteiger partial charge is 0.493 e. The topological polar surface area (TPSA) is 318 Å². The molecule has 29 heteroatoms. The molecule has 0 bridgehead atoms. The minimum Gasteiger partial charge on any atom is -0.493 e. The predicted octanol–water partition coefficient (Wildman–Crippen LogP) is 7.57. The van der Waals surface area contributed by atoms with Crippen LogP contribution in [-0.2, 0) is 110 Å². The van der Waals surface area contributed by atoms with E-state index in [1.165, 1.54) is 35.5 Å². The Balaban J connectivity index is 0.000000232. The van der Waals surface area contributed by atoms with E-state index in [9.17, 15) is 40.8 Å². The van der Waals surface area contributed by atoms with Gasteiger partial charge in [0.1, 0.15) is 32.8 Å². The van der Waals surface area contributed by atoms with Gasteiger partial charge in [0.2, 0.25) is 0 Å². The van der Waals surface area contributed by atoms with Crippen molar-refractivity contribution in [2.24, 2.45) is 9.98 Å². The van der Waals surface area contributed by atoms with Gasteiger partial charge >= 0.3 is 17.9 Å². The third kappa shape index (κ3) is 19.1. The summed E-state index contributed by atoms with van der Waals surface area (Å²) < 4.78 is 92.5. The second-order valence-electron chi connectivity index (χ2n) is 23.9. The van der Waals surface area contributed by atoms with Crippen LogP contribution in [0.4, 0.5) is 39.8 Å². The van der Waals surface area contributed by atoms with Gasteiger partial charge in [0.15, 0.2) is 23.0 Å². The van der Waals surface area contributed by atoms with Crippen LogP contribution in [0.15, 0.2) is 137 Å². The lowest BCUT2D eigenvalue weighted by atomic mass is 10.1. The second-order valence-corrected chi connectivity index (χ2v) is 27.2. The third-order valence-corrected chi connectivity index (χ3v) is 17.6. The van der Waals surface area contributed by atoms with Crippen LogP contribution in [0, 0.1) is 0 Å². The van der Waals surface area contributed by atoms with Crippen LogP contribution in [0.2, 0.25) is 0 Å². The SMILES string of the molecule is COC(=O)CN(C)c1cc(CO)cc(CO)c1.COC(=O)CN(C)c1cc(COS(C)(=O)=O)cc(COS(C)(=O)=O)c1.COC(=O)CN(C)c1cc(COc2cc3c(cc2OC)C(=O)N2c4ccccc4C[C@H]2C=N3)cc(COc2cc3c(cc2OC)C(=O)N2c4ccccc4C[C@H]2C=N3)c1. The fourth-order valence-corrected chi connectivity index (χ4v) is 12.2. The summed E-state index contributed by atoms with van der Waals surface area (Å²) in [5, 5.41) is 18.2. The first kappa shape index (κ1) is 74.8. The number of carbonyl (C=O) groups is 5. The number of ether oxygens (including phenoxy) is 7. The number of benzene rings is 7. The molecule has 0 radical (unpaired) electrons. The molecule has 0 spiro atoms. The van der Waals surface area contributed by atoms with Gasteiger partial charge in [-0.1, -0.05) is 48.5 Å². The van der Waals surface area contributed by atoms with E-state index in [4.69, 9.17) is 52.2 Å². The van der Waals surface area contributed by atoms with Crippen molar-refractivity contribution in [3.63, 3.8) is 0 Å². The predicted molar refractivity (Wildman–Crippen MR) is 379 cm³/mol. The van der Waals surface area contributed by atoms with Crippen molar-refractivity contribution < 1.29 is 92.5 Å². The molecule has 0 aromatic heterocycles. The van der Waals surface area contributed by atoms with Crippen LogP contribution in [0.25, 0.3) is 0 Å². The average Bonchev–Trinajstić information content (AvgIpc) is 1.63. The normalized spacial score (nSPS) is 14.5. The number of aliphatic hydroxyl groups excluding tert-OH is 2. The molecule has 101 heavy (non-hydrogen) atoms. The molecular weight excluding hydrogens is 1350 g/mol. The lowest BCUT2D eigenvalue weighted by Gasteiger charge is -2.22. The summed E-state index contributed by atoms with van der Waals surface area (Å²) in [6.07, 6.45) is 6.86. The van der Waals surface area contributed by atoms with Crippen LogP contribution in [0.3, 0.4) is 0 Å². The average molecular weight is 1430 g/mol. The van der Waals surface area contributed by atoms with Crippen molar-refractivity contribution in [3.05, 3.63) is 183 Å². The second kappa shape index (κ2) is 33.2. The maximum absolute atomic E-state index is 13.9. The molecule has 534 valence electrons. The van der Waals surface area contributed by atoms with Crippen molar-refractivity contribution in [1.82, 2.24) is 0 Å². The quantitative estimate of drug-likeness (QED) is 0.0316. The van der Waals surface area contributed by atoms with E-state index in [0.29, 0.717) is 86.3 Å². The van der Waals surface area contributed by atoms with Gasteiger partial charge in [-0.3, -0.25) is 52.1 Å². The first-order valence-corrected chi connectivity index (χ1v) is 35.1. The number of fused-ring (bicyclic) bond motifs is 8. The number of esters is 3. The molecule has 2 atom stereocenters. The molecule has 2 amide bonds. The minimum absolute atomic E-state index is 0.0153. The summed E-state index contributed by atoms with van der Waals surface area (Å²) in [6.45, 7) is -0.352. The number of aliphatic hydroxyl groups is 2. The number of nitrogens with zero attached hydrogens (tertiary/aromatic N) is 7. The van der Waals surface area contributed by atoms with Gasteiger partial charge in [0.25, 0.3) is 32.1 Å². The van der Waals surface area contributed by atoms with Crippen LogP contribution < -0.4 is 43.4 Å². The maximum atomic E-state index is 13.9. The fraction of sp³-hybridized carbons (Fsp3) is 0.319. The molecule has 0 unspecified atom stereocenters. The van der Waals surface area contributed by atoms with E-state index < -0.39 is 32.2 Å². The van der Waals surface area contributed by atoms with Gasteiger partial charge in [-0.15, -0.1) is 0 Å². The summed E-state index contributed by atoms with van der Waals surface area (Å²) in [6, 6.07) is 38.1. The fourth-order valence-electron chi connectivity index (χ4n) is 11.5. The molecule has 4 aliphatic heterocycles. The van der Waals surface area contributed by atoms with Gasteiger partial charge < -0.3 is 58.1 Å². The molecule has 0 saturated heterocycles. The van der Waals surface area contributed by atoms with E-state index in [0.717, 1.165) is 57.5 Å². The number of amides is 2. The van der Waals surface area contributed by atoms with Crippen molar-refractivity contribution in [1.29, 1.82) is 0 Å². The number of rotatable bonds is 25. The molecule has 2 N–H and O–H groups in total. The Kier molecular flexibility index (Phi) is 24.6. The molecule has 4 heterocycles. The van der Waals surface area contributed by atoms with E-state index in [1.807, 2.05) is 79.2 Å². The summed E-state index contributed by atoms with van der Waals surface area (Å²) in [5.74, 6) is 0.106. The van der Waals surface area contributed by atoms with E-state index >= 15 is 0 Å². The Morgan fingerprint density at radius 2 is 0.792 bits per heavy atom. The minimum atomic E-state index is -3.64. The summed E-state index contributed by atoms with van der Waals surface area (Å²) in [7, 11) is 4.90. The Morgan fingerprint density at radius 3 is 1.12 bits per heavy atom. The first-order chi connectivity index (χ1) is 48.2. The molecule has 4 aliphatic rings. The standard InChI is InChI=1S/C46H41N5O8.C14H21NO8S2.C12H17NO4/c1-49(24-44(52)57-4)31-14-27(25-58-42-20-36-34(18-40(42)55-2)45(53)50-32(22-47-36)16-29-9-5-7-11-38(29)50)13-28(15-31)26-59-43-21-37-35(19-41(43)56-3)46(54)51-33(23-48-37)17-30-10-6-8-12-39(30)51;1-15(8-14(16)21-2)13-6-11(9-22-24(3,17)18)5-12(7-13)10-23-25(4,19)20;1-13(6-12(16)17-2)11-4-9(7-14)3-10(5-11)8-15/h5-15,18-23,32-33H,16-17,24-26H2,1-4H3;5-7H,8-10H2,1-4H3;3-5,14-15H,6-8H2,1-2H3/t32-,33-;;/m0../s1. The van der Waals surface area contributed by atoms with Crippen molar-refractivity contribution in [3.8, 4) is 23.0 Å². The lowest BCUT2D eigenvalue weighted by molar-refractivity contribution is -0.139. The molecule has 7 aromatic carbocycles. The summed E-state index contributed by atoms with van der Waals surface area (Å²) in [5.41, 5.74) is 11.7. The first-order valence-electron chi connectivity index (χ1n) is 31.5. The van der Waals surface area contributed by atoms with Gasteiger partial charge in [0, 0.05) is 87.0 Å². The highest BCUT2D eigenvalue weighted by Crippen LogP contribution is 2.44. The molecule has 0 aliphatic carbocycles. The zero-order chi connectivity index (χ0) is 72.9. The molecule has 0 fully saturated rings. The zero-order valence-electron chi connectivity index (χ0n) is 57.4. The smallest absolute Gasteiger partial charge is 0.325 e. The van der Waals surface area contributed by atoms with E-state index in [-0.39, 0.29) is 89.1 Å². The van der Waals surface area contributed by atoms with Gasteiger partial charge in [-0.25, -0.2) is 0 Å². The van der Waals surface area contributed by atoms with Crippen molar-refractivity contribution in [2.75, 3.05) is 113 Å². The Morgan fingerprint density at radius 1 is 0.465 bits per heavy atom. The maximum Gasteiger partial charge on any atom is 0.325 e. The monoisotopic (exact) mass is 1430 g/mol. The number of methoxy groups -OCH3 is 5. The molecular formula is C72H79N7O20S2.